The lowest BCUT2D eigenvalue weighted by atomic mass is 10.1. The van der Waals surface area contributed by atoms with Crippen LogP contribution in [0.2, 0.25) is 0 Å². The molecule has 3 heteroatoms. The number of benzene rings is 1. The van der Waals surface area contributed by atoms with Crippen molar-refractivity contribution in [2.45, 2.75) is 40.5 Å². The van der Waals surface area contributed by atoms with E-state index in [0.717, 1.165) is 29.8 Å². The van der Waals surface area contributed by atoms with Gasteiger partial charge in [0, 0.05) is 5.56 Å². The molecule has 2 rings (SSSR count). The molecule has 1 N–H and O–H groups in total. The van der Waals surface area contributed by atoms with Crippen molar-refractivity contribution in [3.05, 3.63) is 40.6 Å². The fourth-order valence-electron chi connectivity index (χ4n) is 2.04. The molecule has 1 aromatic heterocycles. The molecule has 2 aromatic rings. The van der Waals surface area contributed by atoms with E-state index in [2.05, 4.69) is 38.0 Å². The highest BCUT2D eigenvalue weighted by molar-refractivity contribution is 5.44. The van der Waals surface area contributed by atoms with Gasteiger partial charge in [-0.3, -0.25) is 0 Å². The minimum Gasteiger partial charge on any atom is -0.493 e. The molecule has 0 spiro atoms. The third-order valence-electron chi connectivity index (χ3n) is 3.41. The zero-order valence-electron chi connectivity index (χ0n) is 11.5. The molecule has 0 amide bonds. The molecule has 18 heavy (non-hydrogen) atoms. The van der Waals surface area contributed by atoms with Crippen LogP contribution in [-0.4, -0.2) is 14.9 Å². The normalized spacial score (nSPS) is 10.9. The number of hydrogen-bond donors (Lipinski definition) is 1. The smallest absolute Gasteiger partial charge is 0.217 e. The highest BCUT2D eigenvalue weighted by Gasteiger charge is 2.14. The molecule has 0 saturated carbocycles. The number of aromatic hydroxyl groups is 1. The summed E-state index contributed by atoms with van der Waals surface area (Å²) in [5.41, 5.74) is 5.23. The third-order valence-corrected chi connectivity index (χ3v) is 3.41. The molecule has 0 aliphatic carbocycles. The standard InChI is InChI=1S/C15H20N2O/c1-5-6-14-12(4)15(18)17(16-14)13-8-7-10(2)11(3)9-13/h7-9,18H,5-6H2,1-4H3. The summed E-state index contributed by atoms with van der Waals surface area (Å²) < 4.78 is 1.63. The second-order valence-electron chi connectivity index (χ2n) is 4.83. The number of aromatic nitrogens is 2. The van der Waals surface area contributed by atoms with Crippen LogP contribution in [0.4, 0.5) is 0 Å². The molecule has 0 saturated heterocycles. The highest BCUT2D eigenvalue weighted by Crippen LogP contribution is 2.25. The fourth-order valence-corrected chi connectivity index (χ4v) is 2.04. The van der Waals surface area contributed by atoms with Crippen molar-refractivity contribution in [2.75, 3.05) is 0 Å². The van der Waals surface area contributed by atoms with Gasteiger partial charge in [0.05, 0.1) is 11.4 Å². The van der Waals surface area contributed by atoms with Gasteiger partial charge in [0.25, 0.3) is 0 Å². The van der Waals surface area contributed by atoms with Crippen molar-refractivity contribution in [1.82, 2.24) is 9.78 Å². The minimum atomic E-state index is 0.252. The molecule has 0 fully saturated rings. The van der Waals surface area contributed by atoms with Crippen molar-refractivity contribution >= 4 is 0 Å². The van der Waals surface area contributed by atoms with E-state index in [0.29, 0.717) is 0 Å². The number of aryl methyl sites for hydroxylation is 3. The molecule has 1 heterocycles. The Morgan fingerprint density at radius 2 is 1.89 bits per heavy atom. The van der Waals surface area contributed by atoms with Gasteiger partial charge in [0.1, 0.15) is 0 Å². The Hall–Kier alpha value is -1.77. The van der Waals surface area contributed by atoms with Crippen LogP contribution in [0, 0.1) is 20.8 Å². The molecule has 0 atom stereocenters. The van der Waals surface area contributed by atoms with Crippen LogP contribution >= 0.6 is 0 Å². The van der Waals surface area contributed by atoms with Gasteiger partial charge in [0.15, 0.2) is 0 Å². The van der Waals surface area contributed by atoms with Crippen LogP contribution in [0.5, 0.6) is 5.88 Å². The number of hydrogen-bond acceptors (Lipinski definition) is 2. The Balaban J connectivity index is 2.50. The van der Waals surface area contributed by atoms with E-state index < -0.39 is 0 Å². The van der Waals surface area contributed by atoms with E-state index in [4.69, 9.17) is 0 Å². The van der Waals surface area contributed by atoms with Crippen LogP contribution in [0.15, 0.2) is 18.2 Å². The van der Waals surface area contributed by atoms with Gasteiger partial charge < -0.3 is 5.11 Å². The van der Waals surface area contributed by atoms with Gasteiger partial charge in [-0.15, -0.1) is 0 Å². The van der Waals surface area contributed by atoms with Crippen LogP contribution in [0.3, 0.4) is 0 Å². The topological polar surface area (TPSA) is 38.0 Å². The zero-order valence-corrected chi connectivity index (χ0v) is 11.5. The largest absolute Gasteiger partial charge is 0.493 e. The average molecular weight is 244 g/mol. The van der Waals surface area contributed by atoms with Crippen molar-refractivity contribution in [3.63, 3.8) is 0 Å². The first-order chi connectivity index (χ1) is 8.54. The summed E-state index contributed by atoms with van der Waals surface area (Å²) in [6, 6.07) is 6.10. The molecule has 0 bridgehead atoms. The van der Waals surface area contributed by atoms with Crippen molar-refractivity contribution in [2.24, 2.45) is 0 Å². The second-order valence-corrected chi connectivity index (χ2v) is 4.83. The summed E-state index contributed by atoms with van der Waals surface area (Å²) in [5.74, 6) is 0.252. The molecule has 0 aliphatic rings. The molecule has 1 aromatic carbocycles. The monoisotopic (exact) mass is 244 g/mol. The lowest BCUT2D eigenvalue weighted by Gasteiger charge is -2.06. The van der Waals surface area contributed by atoms with Crippen molar-refractivity contribution < 1.29 is 5.11 Å². The van der Waals surface area contributed by atoms with E-state index in [1.807, 2.05) is 13.0 Å². The summed E-state index contributed by atoms with van der Waals surface area (Å²) in [4.78, 5) is 0. The Bertz CT molecular complexity index is 570. The summed E-state index contributed by atoms with van der Waals surface area (Å²) >= 11 is 0. The van der Waals surface area contributed by atoms with Gasteiger partial charge >= 0.3 is 0 Å². The summed E-state index contributed by atoms with van der Waals surface area (Å²) in [7, 11) is 0. The van der Waals surface area contributed by atoms with Crippen LogP contribution in [0.1, 0.15) is 35.7 Å². The average Bonchev–Trinajstić information content (AvgIpc) is 2.62. The quantitative estimate of drug-likeness (QED) is 0.898. The predicted octanol–water partition coefficient (Wildman–Crippen LogP) is 3.46. The Morgan fingerprint density at radius 3 is 2.50 bits per heavy atom. The maximum atomic E-state index is 10.2. The van der Waals surface area contributed by atoms with Crippen molar-refractivity contribution in [3.8, 4) is 11.6 Å². The van der Waals surface area contributed by atoms with E-state index in [1.54, 1.807) is 4.68 Å². The first kappa shape index (κ1) is 12.7. The first-order valence-electron chi connectivity index (χ1n) is 6.39. The summed E-state index contributed by atoms with van der Waals surface area (Å²) in [6.45, 7) is 8.19. The maximum Gasteiger partial charge on any atom is 0.217 e. The lowest BCUT2D eigenvalue weighted by molar-refractivity contribution is 0.430. The van der Waals surface area contributed by atoms with Gasteiger partial charge in [-0.1, -0.05) is 19.4 Å². The van der Waals surface area contributed by atoms with Crippen LogP contribution in [-0.2, 0) is 6.42 Å². The van der Waals surface area contributed by atoms with E-state index in [9.17, 15) is 5.11 Å². The highest BCUT2D eigenvalue weighted by atomic mass is 16.3. The van der Waals surface area contributed by atoms with E-state index in [1.165, 1.54) is 11.1 Å². The maximum absolute atomic E-state index is 10.2. The van der Waals surface area contributed by atoms with Gasteiger partial charge in [-0.05, 0) is 50.5 Å². The molecular formula is C15H20N2O. The Morgan fingerprint density at radius 1 is 1.17 bits per heavy atom. The minimum absolute atomic E-state index is 0.252. The van der Waals surface area contributed by atoms with E-state index in [-0.39, 0.29) is 5.88 Å². The molecule has 0 radical (unpaired) electrons. The lowest BCUT2D eigenvalue weighted by Crippen LogP contribution is -1.98. The van der Waals surface area contributed by atoms with Crippen LogP contribution in [0.25, 0.3) is 5.69 Å². The second kappa shape index (κ2) is 4.84. The van der Waals surface area contributed by atoms with Gasteiger partial charge in [-0.2, -0.15) is 5.10 Å². The van der Waals surface area contributed by atoms with Gasteiger partial charge in [-0.25, -0.2) is 4.68 Å². The molecular weight excluding hydrogens is 224 g/mol. The first-order valence-corrected chi connectivity index (χ1v) is 6.39. The Kier molecular flexibility index (Phi) is 3.41. The summed E-state index contributed by atoms with van der Waals surface area (Å²) in [5, 5.41) is 14.7. The predicted molar refractivity (Wildman–Crippen MR) is 73.4 cm³/mol. The summed E-state index contributed by atoms with van der Waals surface area (Å²) in [6.07, 6.45) is 1.93. The van der Waals surface area contributed by atoms with Crippen molar-refractivity contribution in [1.29, 1.82) is 0 Å². The fraction of sp³-hybridized carbons (Fsp3) is 0.400. The molecule has 96 valence electrons. The van der Waals surface area contributed by atoms with Crippen LogP contribution < -0.4 is 0 Å². The number of rotatable bonds is 3. The van der Waals surface area contributed by atoms with E-state index >= 15 is 0 Å². The molecule has 3 nitrogen and oxygen atoms in total. The van der Waals surface area contributed by atoms with Gasteiger partial charge in [0.2, 0.25) is 5.88 Å². The zero-order chi connectivity index (χ0) is 13.3. The number of nitrogens with zero attached hydrogens (tertiary/aromatic N) is 2. The SMILES string of the molecule is CCCc1nn(-c2ccc(C)c(C)c2)c(O)c1C. The third kappa shape index (κ3) is 2.13. The molecule has 0 unspecified atom stereocenters. The Labute approximate surface area is 108 Å². The molecule has 0 aliphatic heterocycles.